The Bertz CT molecular complexity index is 1210. The molecule has 2 aromatic rings. The quantitative estimate of drug-likeness (QED) is 0.0953. The highest BCUT2D eigenvalue weighted by Crippen LogP contribution is 2.19. The molecule has 2 rings (SSSR count). The number of unbranched alkanes of at least 4 members (excludes halogenated alkanes) is 1. The Hall–Kier alpha value is -4.50. The highest BCUT2D eigenvalue weighted by Gasteiger charge is 2.26. The lowest BCUT2D eigenvalue weighted by molar-refractivity contribution is -0.147. The molecule has 1 aromatic heterocycles. The molecule has 0 aliphatic heterocycles. The molecule has 0 aliphatic carbocycles. The van der Waals surface area contributed by atoms with Crippen LogP contribution >= 0.6 is 0 Å². The summed E-state index contributed by atoms with van der Waals surface area (Å²) < 4.78 is 0. The molecule has 0 fully saturated rings. The molecule has 40 heavy (non-hydrogen) atoms. The van der Waals surface area contributed by atoms with E-state index < -0.39 is 73.2 Å². The number of rotatable bonds is 17. The summed E-state index contributed by atoms with van der Waals surface area (Å²) in [6.07, 6.45) is 2.61. The molecular weight excluding hydrogens is 526 g/mol. The molecular formula is C25H35N7O8. The lowest BCUT2D eigenvalue weighted by Gasteiger charge is -2.19. The van der Waals surface area contributed by atoms with E-state index in [1.54, 1.807) is 12.3 Å². The number of aromatic nitrogens is 1. The molecule has 218 valence electrons. The van der Waals surface area contributed by atoms with E-state index in [-0.39, 0.29) is 6.42 Å². The van der Waals surface area contributed by atoms with Crippen molar-refractivity contribution in [3.05, 3.63) is 36.0 Å². The molecule has 0 bridgehead atoms. The van der Waals surface area contributed by atoms with Gasteiger partial charge in [0.15, 0.2) is 0 Å². The number of H-pyrrole nitrogens is 1. The van der Waals surface area contributed by atoms with Crippen LogP contribution in [0.1, 0.15) is 31.2 Å². The highest BCUT2D eigenvalue weighted by atomic mass is 16.4. The van der Waals surface area contributed by atoms with Crippen LogP contribution in [0.3, 0.4) is 0 Å². The zero-order valence-corrected chi connectivity index (χ0v) is 21.8. The van der Waals surface area contributed by atoms with Crippen molar-refractivity contribution < 1.29 is 39.0 Å². The van der Waals surface area contributed by atoms with Gasteiger partial charge in [0, 0.05) is 23.5 Å². The summed E-state index contributed by atoms with van der Waals surface area (Å²) in [6, 6.07) is 3.60. The minimum Gasteiger partial charge on any atom is -0.481 e. The zero-order chi connectivity index (χ0) is 29.7. The molecule has 1 aromatic carbocycles. The molecule has 0 saturated carbocycles. The van der Waals surface area contributed by atoms with Crippen LogP contribution in [0.5, 0.6) is 0 Å². The third-order valence-electron chi connectivity index (χ3n) is 5.92. The fourth-order valence-corrected chi connectivity index (χ4v) is 3.82. The maximum Gasteiger partial charge on any atom is 0.326 e. The number of aromatic amines is 1. The fourth-order valence-electron chi connectivity index (χ4n) is 3.82. The number of para-hydroxylation sites is 1. The molecule has 0 radical (unpaired) electrons. The van der Waals surface area contributed by atoms with Gasteiger partial charge in [0.1, 0.15) is 12.1 Å². The topological polar surface area (TPSA) is 259 Å². The molecule has 4 amide bonds. The average Bonchev–Trinajstić information content (AvgIpc) is 3.32. The molecule has 0 spiro atoms. The Morgan fingerprint density at radius 3 is 2.12 bits per heavy atom. The van der Waals surface area contributed by atoms with E-state index in [1.165, 1.54) is 0 Å². The average molecular weight is 562 g/mol. The summed E-state index contributed by atoms with van der Waals surface area (Å²) in [4.78, 5) is 75.1. The van der Waals surface area contributed by atoms with E-state index in [0.29, 0.717) is 31.4 Å². The predicted molar refractivity (Wildman–Crippen MR) is 143 cm³/mol. The second-order valence-electron chi connectivity index (χ2n) is 9.07. The highest BCUT2D eigenvalue weighted by molar-refractivity contribution is 5.94. The van der Waals surface area contributed by atoms with Gasteiger partial charge in [0.05, 0.1) is 25.6 Å². The van der Waals surface area contributed by atoms with Crippen LogP contribution < -0.4 is 32.7 Å². The van der Waals surface area contributed by atoms with Gasteiger partial charge in [-0.05, 0) is 31.0 Å². The van der Waals surface area contributed by atoms with Crippen LogP contribution in [0.15, 0.2) is 30.5 Å². The van der Waals surface area contributed by atoms with Crippen LogP contribution in [0, 0.1) is 0 Å². The van der Waals surface area contributed by atoms with Gasteiger partial charge in [-0.1, -0.05) is 24.6 Å². The lowest BCUT2D eigenvalue weighted by Crippen LogP contribution is -2.53. The van der Waals surface area contributed by atoms with Crippen molar-refractivity contribution in [1.29, 1.82) is 0 Å². The van der Waals surface area contributed by atoms with Gasteiger partial charge >= 0.3 is 11.9 Å². The van der Waals surface area contributed by atoms with E-state index in [9.17, 15) is 28.8 Å². The molecule has 15 heteroatoms. The Morgan fingerprint density at radius 2 is 1.50 bits per heavy atom. The van der Waals surface area contributed by atoms with Crippen LogP contribution in [0.25, 0.3) is 10.9 Å². The second kappa shape index (κ2) is 15.8. The first-order valence-corrected chi connectivity index (χ1v) is 12.6. The minimum absolute atomic E-state index is 0.0204. The molecule has 0 aliphatic rings. The van der Waals surface area contributed by atoms with Crippen molar-refractivity contribution in [3.8, 4) is 0 Å². The maximum absolute atomic E-state index is 13.0. The maximum atomic E-state index is 13.0. The van der Waals surface area contributed by atoms with Gasteiger partial charge < -0.3 is 47.9 Å². The molecule has 15 nitrogen and oxygen atoms in total. The Labute approximate surface area is 229 Å². The molecule has 0 saturated heterocycles. The predicted octanol–water partition coefficient (Wildman–Crippen LogP) is -2.07. The van der Waals surface area contributed by atoms with E-state index in [2.05, 4.69) is 20.9 Å². The molecule has 1 heterocycles. The number of carbonyl (C=O) groups is 6. The van der Waals surface area contributed by atoms with Gasteiger partial charge in [-0.15, -0.1) is 0 Å². The number of hydrogen-bond donors (Lipinski definition) is 9. The fraction of sp³-hybridized carbons (Fsp3) is 0.440. The smallest absolute Gasteiger partial charge is 0.326 e. The third-order valence-corrected chi connectivity index (χ3v) is 5.92. The number of benzene rings is 1. The number of amides is 4. The van der Waals surface area contributed by atoms with E-state index in [4.69, 9.17) is 21.7 Å². The van der Waals surface area contributed by atoms with E-state index >= 15 is 0 Å². The number of fused-ring (bicyclic) bond motifs is 1. The number of nitrogens with two attached hydrogens (primary N) is 2. The summed E-state index contributed by atoms with van der Waals surface area (Å²) in [5, 5.41) is 28.0. The first-order valence-electron chi connectivity index (χ1n) is 12.6. The lowest BCUT2D eigenvalue weighted by atomic mass is 10.0. The van der Waals surface area contributed by atoms with Gasteiger partial charge in [-0.25, -0.2) is 4.79 Å². The monoisotopic (exact) mass is 561 g/mol. The summed E-state index contributed by atoms with van der Waals surface area (Å²) in [5.41, 5.74) is 12.8. The Balaban J connectivity index is 2.04. The van der Waals surface area contributed by atoms with Crippen molar-refractivity contribution in [2.75, 3.05) is 19.6 Å². The number of nitrogens with one attached hydrogen (secondary N) is 5. The summed E-state index contributed by atoms with van der Waals surface area (Å²) in [5.74, 6) is -5.89. The second-order valence-corrected chi connectivity index (χ2v) is 9.07. The van der Waals surface area contributed by atoms with Gasteiger partial charge in [0.25, 0.3) is 0 Å². The number of aliphatic carboxylic acids is 2. The van der Waals surface area contributed by atoms with Crippen LogP contribution in [0.2, 0.25) is 0 Å². The van der Waals surface area contributed by atoms with Crippen molar-refractivity contribution in [2.24, 2.45) is 11.5 Å². The SMILES string of the molecule is NCCCC[C@H](N)C(=O)NCC(=O)N[C@@H](Cc1c[nH]c2ccccc12)C(=O)NCC(=O)N[C@@H](CC(=O)O)C(=O)O. The number of carbonyl (C=O) groups excluding carboxylic acids is 4. The van der Waals surface area contributed by atoms with Crippen molar-refractivity contribution in [3.63, 3.8) is 0 Å². The van der Waals surface area contributed by atoms with Crippen molar-refractivity contribution in [1.82, 2.24) is 26.3 Å². The van der Waals surface area contributed by atoms with E-state index in [0.717, 1.165) is 10.9 Å². The standard InChI is InChI=1S/C25H35N7O8/c26-8-4-3-6-16(27)23(37)29-12-20(33)31-18(9-14-11-28-17-7-2-1-5-15(14)17)24(38)30-13-21(34)32-19(25(39)40)10-22(35)36/h1-2,5,7,11,16,18-19,28H,3-4,6,8-10,12-13,26-27H2,(H,29,37)(H,30,38)(H,31,33)(H,32,34)(H,35,36)(H,39,40)/t16-,18-,19-/m0/s1. The Kier molecular flexibility index (Phi) is 12.5. The first kappa shape index (κ1) is 31.7. The summed E-state index contributed by atoms with van der Waals surface area (Å²) >= 11 is 0. The van der Waals surface area contributed by atoms with Crippen molar-refractivity contribution >= 4 is 46.5 Å². The largest absolute Gasteiger partial charge is 0.481 e. The van der Waals surface area contributed by atoms with Crippen molar-refractivity contribution in [2.45, 2.75) is 50.2 Å². The van der Waals surface area contributed by atoms with Crippen LogP contribution in [-0.2, 0) is 35.2 Å². The normalized spacial score (nSPS) is 13.1. The molecule has 11 N–H and O–H groups in total. The first-order chi connectivity index (χ1) is 19.0. The minimum atomic E-state index is -1.69. The van der Waals surface area contributed by atoms with Gasteiger partial charge in [-0.3, -0.25) is 24.0 Å². The van der Waals surface area contributed by atoms with Crippen LogP contribution in [-0.4, -0.2) is 88.5 Å². The van der Waals surface area contributed by atoms with Gasteiger partial charge in [0.2, 0.25) is 23.6 Å². The van der Waals surface area contributed by atoms with E-state index in [1.807, 2.05) is 23.5 Å². The third kappa shape index (κ3) is 10.3. The molecule has 0 unspecified atom stereocenters. The Morgan fingerprint density at radius 1 is 0.875 bits per heavy atom. The number of carboxylic acid groups (broad SMARTS) is 2. The van der Waals surface area contributed by atoms with Crippen LogP contribution in [0.4, 0.5) is 0 Å². The number of hydrogen-bond acceptors (Lipinski definition) is 8. The molecule has 3 atom stereocenters. The summed E-state index contributed by atoms with van der Waals surface area (Å²) in [6.45, 7) is -0.644. The zero-order valence-electron chi connectivity index (χ0n) is 21.8. The van der Waals surface area contributed by atoms with Gasteiger partial charge in [-0.2, -0.15) is 0 Å². The summed E-state index contributed by atoms with van der Waals surface area (Å²) in [7, 11) is 0. The number of carboxylic acids is 2.